The molecule has 0 unspecified atom stereocenters. The predicted octanol–water partition coefficient (Wildman–Crippen LogP) is 2.05. The fraction of sp³-hybridized carbons (Fsp3) is 0.353. The zero-order chi connectivity index (χ0) is 23.3. The van der Waals surface area contributed by atoms with E-state index in [9.17, 15) is 22.4 Å². The van der Waals surface area contributed by atoms with E-state index in [2.05, 4.69) is 25.8 Å². The highest BCUT2D eigenvalue weighted by Gasteiger charge is 2.38. The van der Waals surface area contributed by atoms with Crippen molar-refractivity contribution in [2.45, 2.75) is 19.6 Å². The van der Waals surface area contributed by atoms with Gasteiger partial charge in [-0.25, -0.2) is 9.18 Å². The summed E-state index contributed by atoms with van der Waals surface area (Å²) < 4.78 is 47.6. The van der Waals surface area contributed by atoms with Gasteiger partial charge in [0.15, 0.2) is 0 Å². The fourth-order valence-corrected chi connectivity index (χ4v) is 2.34. The van der Waals surface area contributed by atoms with Crippen LogP contribution < -0.4 is 5.32 Å². The molecule has 0 fully saturated rings. The van der Waals surface area contributed by atoms with E-state index in [4.69, 9.17) is 9.90 Å². The second-order valence-electron chi connectivity index (χ2n) is 6.57. The van der Waals surface area contributed by atoms with Crippen LogP contribution in [0.4, 0.5) is 23.2 Å². The number of aliphatic carboxylic acids is 1. The predicted molar refractivity (Wildman–Crippen MR) is 101 cm³/mol. The molecule has 0 radical (unpaired) electrons. The molecule has 0 atom stereocenters. The lowest BCUT2D eigenvalue weighted by molar-refractivity contribution is -0.192. The van der Waals surface area contributed by atoms with Crippen LogP contribution in [0.1, 0.15) is 16.1 Å². The maximum atomic E-state index is 14.1. The number of likely N-dealkylation sites (N-methyl/N-ethyl adjacent to an activating group) is 1. The Morgan fingerprint density at radius 1 is 1.23 bits per heavy atom. The monoisotopic (exact) mass is 445 g/mol. The van der Waals surface area contributed by atoms with E-state index in [1.54, 1.807) is 4.68 Å². The van der Waals surface area contributed by atoms with Crippen LogP contribution in [0, 0.1) is 12.7 Å². The molecule has 0 aliphatic rings. The van der Waals surface area contributed by atoms with Crippen LogP contribution in [0.3, 0.4) is 0 Å². The first kappa shape index (κ1) is 23.7. The summed E-state index contributed by atoms with van der Waals surface area (Å²) in [6.07, 6.45) is -3.59. The molecule has 0 spiro atoms. The summed E-state index contributed by atoms with van der Waals surface area (Å²) in [6.45, 7) is 3.29. The number of rotatable bonds is 5. The summed E-state index contributed by atoms with van der Waals surface area (Å²) in [4.78, 5) is 23.4. The lowest BCUT2D eigenvalue weighted by Crippen LogP contribution is -2.21. The van der Waals surface area contributed by atoms with E-state index in [1.165, 1.54) is 18.3 Å². The zero-order valence-corrected chi connectivity index (χ0v) is 16.7. The molecule has 0 saturated carbocycles. The average molecular weight is 445 g/mol. The Balaban J connectivity index is 0.000000423. The number of hydrogen-bond donors (Lipinski definition) is 3. The van der Waals surface area contributed by atoms with Gasteiger partial charge >= 0.3 is 12.1 Å². The van der Waals surface area contributed by atoms with Crippen molar-refractivity contribution in [1.82, 2.24) is 30.1 Å². The molecule has 3 rings (SSSR count). The minimum absolute atomic E-state index is 0.0573. The van der Waals surface area contributed by atoms with Crippen molar-refractivity contribution < 1.29 is 32.3 Å². The van der Waals surface area contributed by atoms with E-state index in [-0.39, 0.29) is 5.69 Å². The Morgan fingerprint density at radius 3 is 2.35 bits per heavy atom. The van der Waals surface area contributed by atoms with Crippen LogP contribution in [-0.4, -0.2) is 73.9 Å². The summed E-state index contributed by atoms with van der Waals surface area (Å²) in [5, 5.41) is 24.0. The van der Waals surface area contributed by atoms with Gasteiger partial charge in [0.2, 0.25) is 0 Å². The molecule has 0 bridgehead atoms. The summed E-state index contributed by atoms with van der Waals surface area (Å²) in [5.74, 6) is -3.74. The number of amides is 1. The number of nitrogens with zero attached hydrogens (tertiary/aromatic N) is 5. The third-order valence-electron chi connectivity index (χ3n) is 4.00. The lowest BCUT2D eigenvalue weighted by atomic mass is 10.2. The second kappa shape index (κ2) is 9.51. The quantitative estimate of drug-likeness (QED) is 0.513. The maximum Gasteiger partial charge on any atom is 0.490 e. The summed E-state index contributed by atoms with van der Waals surface area (Å²) in [5.41, 5.74) is 2.08. The van der Waals surface area contributed by atoms with Gasteiger partial charge in [0, 0.05) is 18.3 Å². The number of carboxylic acids is 1. The minimum Gasteiger partial charge on any atom is -0.475 e. The average Bonchev–Trinajstić information content (AvgIpc) is 3.25. The normalized spacial score (nSPS) is 11.4. The highest BCUT2D eigenvalue weighted by atomic mass is 19.4. The van der Waals surface area contributed by atoms with E-state index in [0.717, 1.165) is 12.2 Å². The Hall–Kier alpha value is -3.55. The molecule has 1 aromatic carbocycles. The molecule has 3 aromatic rings. The molecule has 2 aromatic heterocycles. The van der Waals surface area contributed by atoms with Gasteiger partial charge in [-0.15, -0.1) is 0 Å². The third-order valence-corrected chi connectivity index (χ3v) is 4.00. The van der Waals surface area contributed by atoms with Crippen molar-refractivity contribution in [2.24, 2.45) is 0 Å². The first-order chi connectivity index (χ1) is 14.4. The molecule has 14 heteroatoms. The number of halogens is 4. The van der Waals surface area contributed by atoms with Crippen LogP contribution in [0.2, 0.25) is 0 Å². The Labute approximate surface area is 172 Å². The van der Waals surface area contributed by atoms with Gasteiger partial charge < -0.3 is 15.3 Å². The highest BCUT2D eigenvalue weighted by molar-refractivity contribution is 6.05. The molecule has 10 nitrogen and oxygen atoms in total. The smallest absolute Gasteiger partial charge is 0.475 e. The number of carboxylic acid groups (broad SMARTS) is 1. The number of aromatic nitrogens is 5. The Morgan fingerprint density at radius 2 is 1.81 bits per heavy atom. The Kier molecular flexibility index (Phi) is 7.28. The van der Waals surface area contributed by atoms with E-state index in [0.29, 0.717) is 23.1 Å². The Bertz CT molecular complexity index is 1080. The zero-order valence-electron chi connectivity index (χ0n) is 16.7. The van der Waals surface area contributed by atoms with Gasteiger partial charge in [-0.05, 0) is 27.1 Å². The van der Waals surface area contributed by atoms with Crippen LogP contribution >= 0.6 is 0 Å². The number of H-pyrrole nitrogens is 1. The van der Waals surface area contributed by atoms with Crippen LogP contribution in [-0.2, 0) is 11.3 Å². The van der Waals surface area contributed by atoms with Crippen LogP contribution in [0.25, 0.3) is 11.0 Å². The summed E-state index contributed by atoms with van der Waals surface area (Å²) in [6, 6.07) is 2.67. The largest absolute Gasteiger partial charge is 0.490 e. The number of carbonyl (C=O) groups excluding carboxylic acids is 1. The first-order valence-corrected chi connectivity index (χ1v) is 8.68. The van der Waals surface area contributed by atoms with Gasteiger partial charge in [-0.2, -0.15) is 33.7 Å². The van der Waals surface area contributed by atoms with Gasteiger partial charge in [-0.3, -0.25) is 9.48 Å². The number of anilines is 1. The molecule has 0 aliphatic carbocycles. The molecule has 0 aliphatic heterocycles. The van der Waals surface area contributed by atoms with Crippen molar-refractivity contribution in [3.63, 3.8) is 0 Å². The molecule has 3 N–H and O–H groups in total. The van der Waals surface area contributed by atoms with Crippen molar-refractivity contribution in [2.75, 3.05) is 26.0 Å². The minimum atomic E-state index is -5.08. The number of benzene rings is 1. The molecule has 31 heavy (non-hydrogen) atoms. The molecule has 2 heterocycles. The number of hydrogen-bond acceptors (Lipinski definition) is 6. The molecule has 1 amide bonds. The summed E-state index contributed by atoms with van der Waals surface area (Å²) in [7, 11) is 3.94. The number of fused-ring (bicyclic) bond motifs is 1. The van der Waals surface area contributed by atoms with Crippen LogP contribution in [0.15, 0.2) is 18.3 Å². The fourth-order valence-electron chi connectivity index (χ4n) is 2.34. The van der Waals surface area contributed by atoms with Crippen molar-refractivity contribution in [1.29, 1.82) is 0 Å². The van der Waals surface area contributed by atoms with E-state index < -0.39 is 23.9 Å². The maximum absolute atomic E-state index is 14.1. The molecular formula is C17H19F4N7O3. The second-order valence-corrected chi connectivity index (χ2v) is 6.57. The van der Waals surface area contributed by atoms with Gasteiger partial charge in [0.25, 0.3) is 5.91 Å². The van der Waals surface area contributed by atoms with E-state index in [1.807, 2.05) is 25.9 Å². The van der Waals surface area contributed by atoms with Gasteiger partial charge in [0.05, 0.1) is 24.0 Å². The molecular weight excluding hydrogens is 426 g/mol. The molecule has 0 saturated heterocycles. The molecule has 168 valence electrons. The number of nitrogens with one attached hydrogen (secondary N) is 2. The number of carbonyl (C=O) groups is 2. The highest BCUT2D eigenvalue weighted by Crippen LogP contribution is 2.21. The number of alkyl halides is 3. The third kappa shape index (κ3) is 6.21. The SMILES string of the molecule is Cc1c(C(=O)Nc2cc3n[nH]nc3cc2F)cnn1CCN(C)C.O=C(O)C(F)(F)F. The van der Waals surface area contributed by atoms with E-state index >= 15 is 0 Å². The van der Waals surface area contributed by atoms with Crippen molar-refractivity contribution in [3.05, 3.63) is 35.4 Å². The van der Waals surface area contributed by atoms with Crippen LogP contribution in [0.5, 0.6) is 0 Å². The topological polar surface area (TPSA) is 129 Å². The first-order valence-electron chi connectivity index (χ1n) is 8.68. The summed E-state index contributed by atoms with van der Waals surface area (Å²) >= 11 is 0. The van der Waals surface area contributed by atoms with Gasteiger partial charge in [-0.1, -0.05) is 0 Å². The standard InChI is InChI=1S/C15H18FN7O.C2HF3O2/c1-9-10(8-17-23(9)5-4-22(2)3)15(24)18-12-7-14-13(6-11(12)16)19-21-20-14;3-2(4,5)1(6)7/h6-8H,4-5H2,1-3H3,(H,18,24)(H,19,20,21);(H,6,7). The lowest BCUT2D eigenvalue weighted by Gasteiger charge is -2.11. The number of aromatic amines is 1. The van der Waals surface area contributed by atoms with Crippen molar-refractivity contribution >= 4 is 28.6 Å². The van der Waals surface area contributed by atoms with Crippen molar-refractivity contribution in [3.8, 4) is 0 Å². The van der Waals surface area contributed by atoms with Gasteiger partial charge in [0.1, 0.15) is 16.9 Å².